The first kappa shape index (κ1) is 20.3. The van der Waals surface area contributed by atoms with Gasteiger partial charge in [0.15, 0.2) is 11.5 Å². The number of aromatic carboxylic acids is 1. The molecule has 0 aliphatic carbocycles. The Morgan fingerprint density at radius 2 is 1.74 bits per heavy atom. The lowest BCUT2D eigenvalue weighted by molar-refractivity contribution is -0.125. The molecule has 2 aromatic carbocycles. The van der Waals surface area contributed by atoms with E-state index >= 15 is 0 Å². The summed E-state index contributed by atoms with van der Waals surface area (Å²) >= 11 is 0. The number of nitrogens with one attached hydrogen (secondary N) is 1. The summed E-state index contributed by atoms with van der Waals surface area (Å²) in [5.41, 5.74) is 1.15. The van der Waals surface area contributed by atoms with Gasteiger partial charge in [0.2, 0.25) is 5.91 Å². The van der Waals surface area contributed by atoms with E-state index in [0.29, 0.717) is 24.5 Å². The molecule has 0 saturated carbocycles. The van der Waals surface area contributed by atoms with Gasteiger partial charge in [-0.3, -0.25) is 4.79 Å². The molecule has 0 saturated heterocycles. The number of methoxy groups -OCH3 is 2. The highest BCUT2D eigenvalue weighted by Crippen LogP contribution is 2.33. The van der Waals surface area contributed by atoms with Gasteiger partial charge >= 0.3 is 5.97 Å². The minimum Gasteiger partial charge on any atom is -0.493 e. The first-order chi connectivity index (χ1) is 12.8. The Morgan fingerprint density at radius 3 is 2.37 bits per heavy atom. The van der Waals surface area contributed by atoms with Gasteiger partial charge in [0.1, 0.15) is 0 Å². The molecule has 0 spiro atoms. The van der Waals surface area contributed by atoms with E-state index in [1.165, 1.54) is 0 Å². The fourth-order valence-corrected chi connectivity index (χ4v) is 2.76. The Bertz CT molecular complexity index is 829. The van der Waals surface area contributed by atoms with E-state index in [-0.39, 0.29) is 11.5 Å². The number of benzene rings is 2. The molecule has 2 N–H and O–H groups in total. The number of carbonyl (C=O) groups is 2. The van der Waals surface area contributed by atoms with Crippen molar-refractivity contribution in [2.24, 2.45) is 0 Å². The van der Waals surface area contributed by atoms with E-state index in [2.05, 4.69) is 5.32 Å². The van der Waals surface area contributed by atoms with Crippen LogP contribution >= 0.6 is 0 Å². The van der Waals surface area contributed by atoms with E-state index in [1.807, 2.05) is 26.0 Å². The van der Waals surface area contributed by atoms with Crippen LogP contribution in [0.15, 0.2) is 42.5 Å². The maximum absolute atomic E-state index is 12.7. The molecule has 6 heteroatoms. The van der Waals surface area contributed by atoms with Crippen LogP contribution in [0, 0.1) is 0 Å². The Hall–Kier alpha value is -3.02. The summed E-state index contributed by atoms with van der Waals surface area (Å²) in [6.45, 7) is 4.10. The summed E-state index contributed by atoms with van der Waals surface area (Å²) in [6.07, 6.45) is 0.550. The van der Waals surface area contributed by atoms with E-state index in [1.54, 1.807) is 44.6 Å². The van der Waals surface area contributed by atoms with Gasteiger partial charge in [0.25, 0.3) is 0 Å². The van der Waals surface area contributed by atoms with Crippen molar-refractivity contribution in [2.75, 3.05) is 20.8 Å². The molecule has 0 unspecified atom stereocenters. The summed E-state index contributed by atoms with van der Waals surface area (Å²) < 4.78 is 10.6. The van der Waals surface area contributed by atoms with Gasteiger partial charge in [-0.05, 0) is 55.7 Å². The molecular formula is C21H25NO5. The van der Waals surface area contributed by atoms with Crippen molar-refractivity contribution in [3.63, 3.8) is 0 Å². The van der Waals surface area contributed by atoms with Gasteiger partial charge in [0.05, 0.1) is 25.2 Å². The molecular weight excluding hydrogens is 346 g/mol. The maximum Gasteiger partial charge on any atom is 0.335 e. The quantitative estimate of drug-likeness (QED) is 0.745. The van der Waals surface area contributed by atoms with E-state index in [4.69, 9.17) is 14.6 Å². The lowest BCUT2D eigenvalue weighted by atomic mass is 9.83. The van der Waals surface area contributed by atoms with Crippen LogP contribution < -0.4 is 14.8 Å². The number of hydrogen-bond acceptors (Lipinski definition) is 4. The first-order valence-electron chi connectivity index (χ1n) is 8.62. The molecule has 2 rings (SSSR count). The zero-order valence-corrected chi connectivity index (χ0v) is 16.0. The van der Waals surface area contributed by atoms with Gasteiger partial charge < -0.3 is 19.9 Å². The smallest absolute Gasteiger partial charge is 0.335 e. The minimum atomic E-state index is -0.963. The van der Waals surface area contributed by atoms with Gasteiger partial charge in [-0.25, -0.2) is 4.79 Å². The van der Waals surface area contributed by atoms with Crippen molar-refractivity contribution < 1.29 is 24.2 Å². The highest BCUT2D eigenvalue weighted by molar-refractivity contribution is 5.88. The number of amides is 1. The minimum absolute atomic E-state index is 0.121. The number of hydrogen-bond donors (Lipinski definition) is 2. The van der Waals surface area contributed by atoms with E-state index in [9.17, 15) is 9.59 Å². The third-order valence-electron chi connectivity index (χ3n) is 4.55. The van der Waals surface area contributed by atoms with Gasteiger partial charge in [-0.15, -0.1) is 0 Å². The number of carbonyl (C=O) groups excluding carboxylic acids is 1. The van der Waals surface area contributed by atoms with Crippen LogP contribution in [0.5, 0.6) is 11.5 Å². The standard InChI is InChI=1S/C21H25NO5/c1-21(2,16-8-9-17(26-3)18(13-16)27-4)20(25)22-11-10-14-6-5-7-15(12-14)19(23)24/h5-9,12-13H,10-11H2,1-4H3,(H,22,25)(H,23,24). The van der Waals surface area contributed by atoms with E-state index in [0.717, 1.165) is 11.1 Å². The predicted molar refractivity (Wildman–Crippen MR) is 103 cm³/mol. The monoisotopic (exact) mass is 371 g/mol. The average molecular weight is 371 g/mol. The summed E-state index contributed by atoms with van der Waals surface area (Å²) in [5, 5.41) is 12.0. The van der Waals surface area contributed by atoms with Crippen molar-refractivity contribution in [1.29, 1.82) is 0 Å². The number of carboxylic acid groups (broad SMARTS) is 1. The van der Waals surface area contributed by atoms with E-state index < -0.39 is 11.4 Å². The molecule has 144 valence electrons. The molecule has 2 aromatic rings. The number of rotatable bonds is 8. The van der Waals surface area contributed by atoms with Crippen LogP contribution in [0.1, 0.15) is 35.3 Å². The van der Waals surface area contributed by atoms with Gasteiger partial charge in [-0.1, -0.05) is 18.2 Å². The van der Waals surface area contributed by atoms with Crippen molar-refractivity contribution >= 4 is 11.9 Å². The van der Waals surface area contributed by atoms with Crippen molar-refractivity contribution in [1.82, 2.24) is 5.32 Å². The summed E-state index contributed by atoms with van der Waals surface area (Å²) in [6, 6.07) is 12.1. The number of ether oxygens (including phenoxy) is 2. The fourth-order valence-electron chi connectivity index (χ4n) is 2.76. The molecule has 0 bridgehead atoms. The third kappa shape index (κ3) is 4.78. The molecule has 1 amide bonds. The predicted octanol–water partition coefficient (Wildman–Crippen LogP) is 3.04. The van der Waals surface area contributed by atoms with Crippen LogP contribution in [0.4, 0.5) is 0 Å². The Balaban J connectivity index is 2.04. The second-order valence-electron chi connectivity index (χ2n) is 6.71. The lowest BCUT2D eigenvalue weighted by Gasteiger charge is -2.25. The molecule has 27 heavy (non-hydrogen) atoms. The number of carboxylic acids is 1. The maximum atomic E-state index is 12.7. The third-order valence-corrected chi connectivity index (χ3v) is 4.55. The Kier molecular flexibility index (Phi) is 6.45. The molecule has 0 atom stereocenters. The largest absolute Gasteiger partial charge is 0.493 e. The zero-order valence-electron chi connectivity index (χ0n) is 16.0. The second-order valence-corrected chi connectivity index (χ2v) is 6.71. The van der Waals surface area contributed by atoms with Gasteiger partial charge in [0, 0.05) is 6.54 Å². The van der Waals surface area contributed by atoms with Crippen LogP contribution in [-0.4, -0.2) is 37.7 Å². The molecule has 0 fully saturated rings. The average Bonchev–Trinajstić information content (AvgIpc) is 2.67. The van der Waals surface area contributed by atoms with Crippen molar-refractivity contribution in [3.8, 4) is 11.5 Å². The normalized spacial score (nSPS) is 11.0. The first-order valence-corrected chi connectivity index (χ1v) is 8.62. The molecule has 0 aliphatic heterocycles. The van der Waals surface area contributed by atoms with Crippen molar-refractivity contribution in [3.05, 3.63) is 59.2 Å². The van der Waals surface area contributed by atoms with Crippen LogP contribution in [0.3, 0.4) is 0 Å². The van der Waals surface area contributed by atoms with Crippen LogP contribution in [0.2, 0.25) is 0 Å². The van der Waals surface area contributed by atoms with Crippen LogP contribution in [0.25, 0.3) is 0 Å². The molecule has 0 heterocycles. The second kappa shape index (κ2) is 8.58. The highest BCUT2D eigenvalue weighted by Gasteiger charge is 2.30. The van der Waals surface area contributed by atoms with Crippen molar-refractivity contribution in [2.45, 2.75) is 25.7 Å². The Morgan fingerprint density at radius 1 is 1.04 bits per heavy atom. The zero-order chi connectivity index (χ0) is 20.0. The summed E-state index contributed by atoms with van der Waals surface area (Å²) in [7, 11) is 3.12. The SMILES string of the molecule is COc1ccc(C(C)(C)C(=O)NCCc2cccc(C(=O)O)c2)cc1OC. The topological polar surface area (TPSA) is 84.9 Å². The summed E-state index contributed by atoms with van der Waals surface area (Å²) in [5.74, 6) is 0.0942. The molecule has 0 aliphatic rings. The molecule has 0 aromatic heterocycles. The summed E-state index contributed by atoms with van der Waals surface area (Å²) in [4.78, 5) is 23.7. The molecule has 6 nitrogen and oxygen atoms in total. The van der Waals surface area contributed by atoms with Crippen LogP contribution in [-0.2, 0) is 16.6 Å². The Labute approximate surface area is 159 Å². The lowest BCUT2D eigenvalue weighted by Crippen LogP contribution is -2.40. The highest BCUT2D eigenvalue weighted by atomic mass is 16.5. The fraction of sp³-hybridized carbons (Fsp3) is 0.333. The molecule has 0 radical (unpaired) electrons. The van der Waals surface area contributed by atoms with Gasteiger partial charge in [-0.2, -0.15) is 0 Å².